The van der Waals surface area contributed by atoms with E-state index < -0.39 is 5.97 Å². The van der Waals surface area contributed by atoms with Gasteiger partial charge in [0.1, 0.15) is 17.8 Å². The van der Waals surface area contributed by atoms with E-state index in [1.54, 1.807) is 37.3 Å². The zero-order chi connectivity index (χ0) is 20.6. The molecule has 0 saturated heterocycles. The maximum Gasteiger partial charge on any atom is 0.338 e. The highest BCUT2D eigenvalue weighted by atomic mass is 16.5. The minimum Gasteiger partial charge on any atom is -0.462 e. The minimum absolute atomic E-state index is 0.254. The van der Waals surface area contributed by atoms with Gasteiger partial charge in [0.25, 0.3) is 5.91 Å². The molecule has 7 nitrogen and oxygen atoms in total. The monoisotopic (exact) mass is 390 g/mol. The summed E-state index contributed by atoms with van der Waals surface area (Å²) < 4.78 is 4.95. The number of nitrogens with zero attached hydrogens (tertiary/aromatic N) is 3. The van der Waals surface area contributed by atoms with E-state index in [-0.39, 0.29) is 11.6 Å². The van der Waals surface area contributed by atoms with Crippen LogP contribution in [0.4, 0.5) is 11.5 Å². The number of ether oxygens (including phenoxy) is 1. The maximum atomic E-state index is 12.6. The molecule has 1 heterocycles. The number of amides is 1. The molecule has 1 amide bonds. The molecular formula is C22H22N4O3. The number of hydrogen-bond acceptors (Lipinski definition) is 6. The highest BCUT2D eigenvalue weighted by Gasteiger charge is 2.12. The Bertz CT molecular complexity index is 975. The zero-order valence-electron chi connectivity index (χ0n) is 16.3. The molecule has 1 N–H and O–H groups in total. The van der Waals surface area contributed by atoms with Gasteiger partial charge in [0.15, 0.2) is 0 Å². The number of benzene rings is 2. The maximum absolute atomic E-state index is 12.6. The van der Waals surface area contributed by atoms with Gasteiger partial charge in [-0.1, -0.05) is 30.3 Å². The number of aromatic nitrogens is 2. The molecule has 0 spiro atoms. The number of nitrogens with one attached hydrogen (secondary N) is 1. The molecule has 148 valence electrons. The van der Waals surface area contributed by atoms with E-state index in [1.165, 1.54) is 6.33 Å². The standard InChI is InChI=1S/C22H22N4O3/c1-3-29-22(28)17-9-11-18(12-10-17)25-21(27)19-13-20(24-15-23-19)26(2)14-16-7-5-4-6-8-16/h4-13,15H,3,14H2,1-2H3,(H,25,27). The third kappa shape index (κ3) is 5.38. The van der Waals surface area contributed by atoms with Crippen LogP contribution in [0.25, 0.3) is 0 Å². The lowest BCUT2D eigenvalue weighted by Gasteiger charge is -2.18. The van der Waals surface area contributed by atoms with Gasteiger partial charge in [0.05, 0.1) is 12.2 Å². The van der Waals surface area contributed by atoms with Crippen molar-refractivity contribution in [2.24, 2.45) is 0 Å². The third-order valence-electron chi connectivity index (χ3n) is 4.19. The first-order valence-corrected chi connectivity index (χ1v) is 9.22. The Kier molecular flexibility index (Phi) is 6.52. The van der Waals surface area contributed by atoms with Crippen LogP contribution >= 0.6 is 0 Å². The van der Waals surface area contributed by atoms with E-state index in [4.69, 9.17) is 4.74 Å². The summed E-state index contributed by atoms with van der Waals surface area (Å²) in [6, 6.07) is 18.1. The Labute approximate surface area is 169 Å². The Morgan fingerprint density at radius 3 is 2.45 bits per heavy atom. The minimum atomic E-state index is -0.396. The third-order valence-corrected chi connectivity index (χ3v) is 4.19. The fourth-order valence-corrected chi connectivity index (χ4v) is 2.72. The van der Waals surface area contributed by atoms with Crippen LogP contribution in [0.1, 0.15) is 33.3 Å². The summed E-state index contributed by atoms with van der Waals surface area (Å²) in [6.07, 6.45) is 1.37. The lowest BCUT2D eigenvalue weighted by Crippen LogP contribution is -2.20. The average molecular weight is 390 g/mol. The average Bonchev–Trinajstić information content (AvgIpc) is 2.75. The first-order chi connectivity index (χ1) is 14.1. The lowest BCUT2D eigenvalue weighted by molar-refractivity contribution is 0.0526. The lowest BCUT2D eigenvalue weighted by atomic mass is 10.2. The van der Waals surface area contributed by atoms with Crippen LogP contribution in [0.5, 0.6) is 0 Å². The molecule has 0 aliphatic heterocycles. The smallest absolute Gasteiger partial charge is 0.338 e. The molecule has 29 heavy (non-hydrogen) atoms. The van der Waals surface area contributed by atoms with E-state index in [0.717, 1.165) is 5.56 Å². The topological polar surface area (TPSA) is 84.4 Å². The highest BCUT2D eigenvalue weighted by Crippen LogP contribution is 2.15. The molecule has 2 aromatic carbocycles. The fourth-order valence-electron chi connectivity index (χ4n) is 2.72. The van der Waals surface area contributed by atoms with E-state index >= 15 is 0 Å². The summed E-state index contributed by atoms with van der Waals surface area (Å²) in [5, 5.41) is 2.77. The zero-order valence-corrected chi connectivity index (χ0v) is 16.3. The van der Waals surface area contributed by atoms with Crippen molar-refractivity contribution in [3.05, 3.63) is 83.8 Å². The summed E-state index contributed by atoms with van der Waals surface area (Å²) in [7, 11) is 1.91. The Hall–Kier alpha value is -3.74. The van der Waals surface area contributed by atoms with Gasteiger partial charge in [0.2, 0.25) is 0 Å². The predicted octanol–water partition coefficient (Wildman–Crippen LogP) is 3.54. The Balaban J connectivity index is 1.67. The molecular weight excluding hydrogens is 368 g/mol. The highest BCUT2D eigenvalue weighted by molar-refractivity contribution is 6.03. The number of hydrogen-bond donors (Lipinski definition) is 1. The van der Waals surface area contributed by atoms with Crippen LogP contribution in [-0.2, 0) is 11.3 Å². The van der Waals surface area contributed by atoms with Gasteiger partial charge in [-0.15, -0.1) is 0 Å². The van der Waals surface area contributed by atoms with E-state index in [1.807, 2.05) is 42.3 Å². The van der Waals surface area contributed by atoms with Crippen molar-refractivity contribution in [3.8, 4) is 0 Å². The molecule has 0 unspecified atom stereocenters. The SMILES string of the molecule is CCOC(=O)c1ccc(NC(=O)c2cc(N(C)Cc3ccccc3)ncn2)cc1. The van der Waals surface area contributed by atoms with E-state index in [0.29, 0.717) is 30.2 Å². The normalized spacial score (nSPS) is 10.3. The summed E-state index contributed by atoms with van der Waals surface area (Å²) in [4.78, 5) is 34.5. The van der Waals surface area contributed by atoms with Crippen LogP contribution in [0.15, 0.2) is 67.0 Å². The van der Waals surface area contributed by atoms with Gasteiger partial charge in [-0.2, -0.15) is 0 Å². The second-order valence-corrected chi connectivity index (χ2v) is 6.36. The van der Waals surface area contributed by atoms with Crippen LogP contribution in [0, 0.1) is 0 Å². The molecule has 3 rings (SSSR count). The van der Waals surface area contributed by atoms with Crippen molar-refractivity contribution in [1.29, 1.82) is 0 Å². The predicted molar refractivity (Wildman–Crippen MR) is 111 cm³/mol. The number of carbonyl (C=O) groups excluding carboxylic acids is 2. The molecule has 0 aliphatic rings. The fraction of sp³-hybridized carbons (Fsp3) is 0.182. The van der Waals surface area contributed by atoms with Crippen molar-refractivity contribution < 1.29 is 14.3 Å². The van der Waals surface area contributed by atoms with Gasteiger partial charge in [0, 0.05) is 25.3 Å². The molecule has 0 fully saturated rings. The molecule has 0 atom stereocenters. The molecule has 7 heteroatoms. The summed E-state index contributed by atoms with van der Waals surface area (Å²) in [6.45, 7) is 2.72. The van der Waals surface area contributed by atoms with Crippen LogP contribution < -0.4 is 10.2 Å². The second kappa shape index (κ2) is 9.45. The molecule has 0 aliphatic carbocycles. The number of anilines is 2. The van der Waals surface area contributed by atoms with Crippen molar-refractivity contribution in [2.45, 2.75) is 13.5 Å². The second-order valence-electron chi connectivity index (χ2n) is 6.36. The summed E-state index contributed by atoms with van der Waals surface area (Å²) in [5.41, 5.74) is 2.38. The molecule has 0 bridgehead atoms. The van der Waals surface area contributed by atoms with Crippen LogP contribution in [0.3, 0.4) is 0 Å². The first kappa shape index (κ1) is 20.0. The van der Waals surface area contributed by atoms with Crippen molar-refractivity contribution in [2.75, 3.05) is 23.9 Å². The van der Waals surface area contributed by atoms with E-state index in [9.17, 15) is 9.59 Å². The first-order valence-electron chi connectivity index (χ1n) is 9.22. The van der Waals surface area contributed by atoms with Crippen LogP contribution in [-0.4, -0.2) is 35.5 Å². The largest absolute Gasteiger partial charge is 0.462 e. The van der Waals surface area contributed by atoms with Gasteiger partial charge in [-0.05, 0) is 36.8 Å². The van der Waals surface area contributed by atoms with Gasteiger partial charge >= 0.3 is 5.97 Å². The summed E-state index contributed by atoms with van der Waals surface area (Å²) >= 11 is 0. The molecule has 3 aromatic rings. The van der Waals surface area contributed by atoms with Gasteiger partial charge in [-0.25, -0.2) is 14.8 Å². The van der Waals surface area contributed by atoms with Crippen molar-refractivity contribution in [3.63, 3.8) is 0 Å². The van der Waals surface area contributed by atoms with Crippen molar-refractivity contribution >= 4 is 23.4 Å². The van der Waals surface area contributed by atoms with Crippen LogP contribution in [0.2, 0.25) is 0 Å². The van der Waals surface area contributed by atoms with Gasteiger partial charge < -0.3 is 15.0 Å². The van der Waals surface area contributed by atoms with Gasteiger partial charge in [-0.3, -0.25) is 4.79 Å². The molecule has 0 saturated carbocycles. The Morgan fingerprint density at radius 1 is 1.03 bits per heavy atom. The quantitative estimate of drug-likeness (QED) is 0.621. The number of carbonyl (C=O) groups is 2. The molecule has 0 radical (unpaired) electrons. The summed E-state index contributed by atoms with van der Waals surface area (Å²) in [5.74, 6) is -0.107. The van der Waals surface area contributed by atoms with E-state index in [2.05, 4.69) is 15.3 Å². The van der Waals surface area contributed by atoms with Crippen molar-refractivity contribution in [1.82, 2.24) is 9.97 Å². The Morgan fingerprint density at radius 2 is 1.76 bits per heavy atom. The number of rotatable bonds is 7. The molecule has 1 aromatic heterocycles. The number of esters is 1.